The Hall–Kier alpha value is -2.77. The second-order valence-corrected chi connectivity index (χ2v) is 8.19. The van der Waals surface area contributed by atoms with Crippen LogP contribution in [0.2, 0.25) is 0 Å². The van der Waals surface area contributed by atoms with Gasteiger partial charge in [0.15, 0.2) is 0 Å². The molecule has 1 aliphatic heterocycles. The highest BCUT2D eigenvalue weighted by Gasteiger charge is 2.55. The number of esters is 1. The number of carboxylic acid groups (broad SMARTS) is 1. The third-order valence-electron chi connectivity index (χ3n) is 6.47. The lowest BCUT2D eigenvalue weighted by molar-refractivity contribution is -0.139. The van der Waals surface area contributed by atoms with Crippen LogP contribution in [0.3, 0.4) is 0 Å². The molecule has 0 aromatic heterocycles. The number of alkyl halides is 3. The van der Waals surface area contributed by atoms with E-state index in [2.05, 4.69) is 0 Å². The van der Waals surface area contributed by atoms with Gasteiger partial charge in [0.2, 0.25) is 0 Å². The van der Waals surface area contributed by atoms with Crippen LogP contribution in [0.15, 0.2) is 46.8 Å². The Kier molecular flexibility index (Phi) is 6.64. The fourth-order valence-corrected chi connectivity index (χ4v) is 4.45. The van der Waals surface area contributed by atoms with E-state index in [0.717, 1.165) is 12.1 Å². The molecule has 5 nitrogen and oxygen atoms in total. The van der Waals surface area contributed by atoms with Crippen molar-refractivity contribution >= 4 is 11.9 Å². The summed E-state index contributed by atoms with van der Waals surface area (Å²) in [6.45, 7) is 8.88. The predicted molar refractivity (Wildman–Crippen MR) is 110 cm³/mol. The molecule has 1 N–H and O–H groups in total. The second kappa shape index (κ2) is 8.40. The first-order chi connectivity index (χ1) is 14.2. The van der Waals surface area contributed by atoms with Crippen LogP contribution in [0.25, 0.3) is 0 Å². The van der Waals surface area contributed by atoms with Crippen molar-refractivity contribution in [2.24, 2.45) is 11.8 Å². The van der Waals surface area contributed by atoms with Crippen LogP contribution in [-0.4, -0.2) is 36.1 Å². The van der Waals surface area contributed by atoms with E-state index in [9.17, 15) is 27.9 Å². The van der Waals surface area contributed by atoms with Crippen molar-refractivity contribution in [3.63, 3.8) is 0 Å². The smallest absolute Gasteiger partial charge is 0.416 e. The Bertz CT molecular complexity index is 945. The van der Waals surface area contributed by atoms with Crippen LogP contribution in [-0.2, 0) is 25.9 Å². The van der Waals surface area contributed by atoms with E-state index in [1.165, 1.54) is 19.2 Å². The van der Waals surface area contributed by atoms with Gasteiger partial charge in [-0.15, -0.1) is 0 Å². The maximum atomic E-state index is 13.2. The first-order valence-electron chi connectivity index (χ1n) is 9.88. The van der Waals surface area contributed by atoms with Crippen molar-refractivity contribution in [3.05, 3.63) is 57.9 Å². The molecule has 0 aliphatic carbocycles. The molecule has 0 fully saturated rings. The summed E-state index contributed by atoms with van der Waals surface area (Å²) in [5, 5.41) is 10.3. The van der Waals surface area contributed by atoms with Crippen molar-refractivity contribution in [2.75, 3.05) is 14.2 Å². The summed E-state index contributed by atoms with van der Waals surface area (Å²) < 4.78 is 44.6. The number of carbonyl (C=O) groups is 2. The van der Waals surface area contributed by atoms with Crippen LogP contribution >= 0.6 is 0 Å². The molecule has 2 atom stereocenters. The Morgan fingerprint density at radius 3 is 1.90 bits per heavy atom. The number of allylic oxidation sites excluding steroid dienone is 2. The average molecular weight is 439 g/mol. The van der Waals surface area contributed by atoms with Crippen LogP contribution in [0.1, 0.15) is 45.7 Å². The van der Waals surface area contributed by atoms with Crippen molar-refractivity contribution in [1.29, 1.82) is 0 Å². The molecule has 0 amide bonds. The molecule has 1 aromatic rings. The summed E-state index contributed by atoms with van der Waals surface area (Å²) in [5.41, 5.74) is -1.10. The van der Waals surface area contributed by atoms with E-state index in [1.54, 1.807) is 32.7 Å². The van der Waals surface area contributed by atoms with Crippen LogP contribution in [0, 0.1) is 11.8 Å². The monoisotopic (exact) mass is 439 g/mol. The highest BCUT2D eigenvalue weighted by atomic mass is 19.4. The van der Waals surface area contributed by atoms with Gasteiger partial charge < -0.3 is 14.7 Å². The van der Waals surface area contributed by atoms with E-state index in [4.69, 9.17) is 4.74 Å². The number of halogens is 3. The van der Waals surface area contributed by atoms with E-state index >= 15 is 0 Å². The SMILES string of the molecule is COC(=O)C1=C(C)N(C)C(C)=C(C(=O)O)C1(c1ccc(C(F)(F)F)cc1)C(C)C(C)C. The zero-order chi connectivity index (χ0) is 23.9. The molecule has 0 spiro atoms. The molecule has 0 bridgehead atoms. The van der Waals surface area contributed by atoms with E-state index in [-0.39, 0.29) is 17.1 Å². The number of benzene rings is 1. The van der Waals surface area contributed by atoms with Crippen LogP contribution < -0.4 is 0 Å². The molecule has 0 saturated carbocycles. The lowest BCUT2D eigenvalue weighted by atomic mass is 9.56. The number of carbonyl (C=O) groups excluding carboxylic acids is 1. The zero-order valence-electron chi connectivity index (χ0n) is 18.7. The molecule has 0 radical (unpaired) electrons. The van der Waals surface area contributed by atoms with Crippen molar-refractivity contribution in [3.8, 4) is 0 Å². The lowest BCUT2D eigenvalue weighted by Crippen LogP contribution is -2.50. The minimum Gasteiger partial charge on any atom is -0.478 e. The molecule has 0 saturated heterocycles. The number of rotatable bonds is 5. The minimum atomic E-state index is -4.54. The highest BCUT2D eigenvalue weighted by molar-refractivity contribution is 6.01. The number of ether oxygens (including phenoxy) is 1. The van der Waals surface area contributed by atoms with Crippen molar-refractivity contribution in [2.45, 2.75) is 46.2 Å². The Morgan fingerprint density at radius 2 is 1.52 bits per heavy atom. The zero-order valence-corrected chi connectivity index (χ0v) is 18.7. The summed E-state index contributed by atoms with van der Waals surface area (Å²) in [4.78, 5) is 27.2. The third-order valence-corrected chi connectivity index (χ3v) is 6.47. The number of carboxylic acids is 1. The standard InChI is InChI=1S/C23H28F3NO4/c1-12(2)13(3)22(16-8-10-17(11-9-16)23(24,25)26)18(20(28)29)14(4)27(6)15(5)19(22)21(30)31-7/h8-13H,1-7H3,(H,28,29). The lowest BCUT2D eigenvalue weighted by Gasteiger charge is -2.48. The van der Waals surface area contributed by atoms with Gasteiger partial charge in [-0.3, -0.25) is 0 Å². The average Bonchev–Trinajstić information content (AvgIpc) is 2.69. The minimum absolute atomic E-state index is 0.0537. The largest absolute Gasteiger partial charge is 0.478 e. The first kappa shape index (κ1) is 24.5. The van der Waals surface area contributed by atoms with Crippen LogP contribution in [0.5, 0.6) is 0 Å². The molecular formula is C23H28F3NO4. The van der Waals surface area contributed by atoms with Gasteiger partial charge in [0, 0.05) is 18.4 Å². The molecule has 170 valence electrons. The summed E-state index contributed by atoms with van der Waals surface area (Å²) in [5.74, 6) is -2.53. The summed E-state index contributed by atoms with van der Waals surface area (Å²) >= 11 is 0. The third kappa shape index (κ3) is 3.83. The normalized spacial score (nSPS) is 20.9. The summed E-state index contributed by atoms with van der Waals surface area (Å²) in [6, 6.07) is 4.36. The maximum Gasteiger partial charge on any atom is 0.416 e. The van der Waals surface area contributed by atoms with Gasteiger partial charge in [-0.2, -0.15) is 13.2 Å². The number of aliphatic carboxylic acids is 1. The maximum absolute atomic E-state index is 13.2. The van der Waals surface area contributed by atoms with Gasteiger partial charge in [0.1, 0.15) is 0 Å². The van der Waals surface area contributed by atoms with Gasteiger partial charge in [-0.25, -0.2) is 9.59 Å². The quantitative estimate of drug-likeness (QED) is 0.655. The second-order valence-electron chi connectivity index (χ2n) is 8.19. The van der Waals surface area contributed by atoms with E-state index < -0.39 is 35.0 Å². The van der Waals surface area contributed by atoms with Gasteiger partial charge in [0.25, 0.3) is 0 Å². The first-order valence-corrected chi connectivity index (χ1v) is 9.88. The number of hydrogen-bond acceptors (Lipinski definition) is 4. The Morgan fingerprint density at radius 1 is 1.03 bits per heavy atom. The molecule has 2 rings (SSSR count). The fraction of sp³-hybridized carbons (Fsp3) is 0.478. The van der Waals surface area contributed by atoms with Gasteiger partial charge in [-0.05, 0) is 43.4 Å². The van der Waals surface area contributed by atoms with Crippen LogP contribution in [0.4, 0.5) is 13.2 Å². The fourth-order valence-electron chi connectivity index (χ4n) is 4.45. The van der Waals surface area contributed by atoms with Crippen molar-refractivity contribution in [1.82, 2.24) is 4.90 Å². The Balaban J connectivity index is 3.06. The van der Waals surface area contributed by atoms with E-state index in [1.807, 2.05) is 13.8 Å². The van der Waals surface area contributed by atoms with Crippen molar-refractivity contribution < 1.29 is 32.6 Å². The summed E-state index contributed by atoms with van der Waals surface area (Å²) in [7, 11) is 2.85. The topological polar surface area (TPSA) is 66.8 Å². The number of methoxy groups -OCH3 is 1. The molecule has 31 heavy (non-hydrogen) atoms. The van der Waals surface area contributed by atoms with Gasteiger partial charge in [-0.1, -0.05) is 32.9 Å². The molecule has 1 aromatic carbocycles. The van der Waals surface area contributed by atoms with E-state index in [0.29, 0.717) is 17.0 Å². The van der Waals surface area contributed by atoms with Gasteiger partial charge in [0.05, 0.1) is 29.2 Å². The number of hydrogen-bond donors (Lipinski definition) is 1. The molecular weight excluding hydrogens is 411 g/mol. The number of nitrogens with zero attached hydrogens (tertiary/aromatic N) is 1. The van der Waals surface area contributed by atoms with Gasteiger partial charge >= 0.3 is 18.1 Å². The summed E-state index contributed by atoms with van der Waals surface area (Å²) in [6.07, 6.45) is -4.54. The highest BCUT2D eigenvalue weighted by Crippen LogP contribution is 2.54. The Labute approximate surface area is 180 Å². The molecule has 1 aliphatic rings. The predicted octanol–water partition coefficient (Wildman–Crippen LogP) is 4.99. The molecule has 8 heteroatoms. The molecule has 2 unspecified atom stereocenters. The molecule has 1 heterocycles.